The monoisotopic (exact) mass is 349 g/mol. The second-order valence-corrected chi connectivity index (χ2v) is 8.61. The number of nitrogens with one attached hydrogen (secondary N) is 1. The highest BCUT2D eigenvalue weighted by molar-refractivity contribution is 7.92. The lowest BCUT2D eigenvalue weighted by molar-refractivity contribution is 0.418. The van der Waals surface area contributed by atoms with Crippen LogP contribution in [0.2, 0.25) is 0 Å². The Kier molecular flexibility index (Phi) is 5.01. The van der Waals surface area contributed by atoms with Crippen LogP contribution >= 0.6 is 0 Å². The first kappa shape index (κ1) is 17.1. The molecule has 0 amide bonds. The van der Waals surface area contributed by atoms with Crippen molar-refractivity contribution >= 4 is 9.84 Å². The summed E-state index contributed by atoms with van der Waals surface area (Å²) >= 11 is 0. The SMILES string of the molecule is CNC(C)Cc1noc(-c2ccc(S(=O)(=O)C3CCCC3)cc2)n1. The molecule has 1 atom stereocenters. The quantitative estimate of drug-likeness (QED) is 0.863. The molecule has 1 N–H and O–H groups in total. The van der Waals surface area contributed by atoms with E-state index >= 15 is 0 Å². The highest BCUT2D eigenvalue weighted by Gasteiger charge is 2.30. The van der Waals surface area contributed by atoms with Crippen LogP contribution in [0.15, 0.2) is 33.7 Å². The van der Waals surface area contributed by atoms with Crippen LogP contribution in [0, 0.1) is 0 Å². The molecular formula is C17H23N3O3S. The summed E-state index contributed by atoms with van der Waals surface area (Å²) in [5.41, 5.74) is 0.733. The van der Waals surface area contributed by atoms with Gasteiger partial charge < -0.3 is 9.84 Å². The normalized spacial score (nSPS) is 17.2. The zero-order valence-corrected chi connectivity index (χ0v) is 14.8. The Morgan fingerprint density at radius 1 is 1.25 bits per heavy atom. The van der Waals surface area contributed by atoms with E-state index in [4.69, 9.17) is 4.52 Å². The molecule has 2 aromatic rings. The molecule has 130 valence electrons. The summed E-state index contributed by atoms with van der Waals surface area (Å²) in [5.74, 6) is 1.05. The minimum Gasteiger partial charge on any atom is -0.334 e. The molecule has 0 saturated heterocycles. The van der Waals surface area contributed by atoms with E-state index in [-0.39, 0.29) is 11.3 Å². The van der Waals surface area contributed by atoms with Gasteiger partial charge in [0.05, 0.1) is 10.1 Å². The third-order valence-corrected chi connectivity index (χ3v) is 6.90. The first-order valence-electron chi connectivity index (χ1n) is 8.35. The summed E-state index contributed by atoms with van der Waals surface area (Å²) < 4.78 is 30.4. The van der Waals surface area contributed by atoms with Gasteiger partial charge in [-0.15, -0.1) is 0 Å². The van der Waals surface area contributed by atoms with Gasteiger partial charge in [-0.2, -0.15) is 4.98 Å². The highest BCUT2D eigenvalue weighted by Crippen LogP contribution is 2.30. The van der Waals surface area contributed by atoms with E-state index in [1.165, 1.54) is 0 Å². The first-order chi connectivity index (χ1) is 11.5. The fourth-order valence-corrected chi connectivity index (χ4v) is 4.86. The number of sulfone groups is 1. The van der Waals surface area contributed by atoms with Gasteiger partial charge in [0, 0.05) is 18.0 Å². The van der Waals surface area contributed by atoms with E-state index in [0.717, 1.165) is 31.2 Å². The van der Waals surface area contributed by atoms with Crippen molar-refractivity contribution in [3.63, 3.8) is 0 Å². The molecule has 24 heavy (non-hydrogen) atoms. The average Bonchev–Trinajstić information content (AvgIpc) is 3.27. The van der Waals surface area contributed by atoms with Crippen molar-refractivity contribution in [2.24, 2.45) is 0 Å². The van der Waals surface area contributed by atoms with Crippen molar-refractivity contribution in [2.45, 2.75) is 55.2 Å². The van der Waals surface area contributed by atoms with Gasteiger partial charge in [-0.25, -0.2) is 8.42 Å². The van der Waals surface area contributed by atoms with Crippen LogP contribution < -0.4 is 5.32 Å². The molecule has 1 fully saturated rings. The number of rotatable bonds is 6. The van der Waals surface area contributed by atoms with E-state index in [1.54, 1.807) is 24.3 Å². The van der Waals surface area contributed by atoms with E-state index in [9.17, 15) is 8.42 Å². The van der Waals surface area contributed by atoms with E-state index in [0.29, 0.717) is 23.0 Å². The number of nitrogens with zero attached hydrogens (tertiary/aromatic N) is 2. The summed E-state index contributed by atoms with van der Waals surface area (Å²) in [6.07, 6.45) is 4.20. The van der Waals surface area contributed by atoms with Crippen LogP contribution in [0.25, 0.3) is 11.5 Å². The largest absolute Gasteiger partial charge is 0.334 e. The van der Waals surface area contributed by atoms with E-state index in [2.05, 4.69) is 15.5 Å². The van der Waals surface area contributed by atoms with Crippen molar-refractivity contribution in [3.05, 3.63) is 30.1 Å². The second kappa shape index (κ2) is 7.03. The van der Waals surface area contributed by atoms with Gasteiger partial charge in [-0.1, -0.05) is 18.0 Å². The Bertz CT molecular complexity index is 778. The second-order valence-electron chi connectivity index (χ2n) is 6.39. The molecule has 7 heteroatoms. The summed E-state index contributed by atoms with van der Waals surface area (Å²) in [7, 11) is -1.34. The van der Waals surface area contributed by atoms with Crippen LogP contribution in [0.5, 0.6) is 0 Å². The number of hydrogen-bond acceptors (Lipinski definition) is 6. The third kappa shape index (κ3) is 3.52. The topological polar surface area (TPSA) is 85.1 Å². The van der Waals surface area contributed by atoms with Gasteiger partial charge >= 0.3 is 0 Å². The smallest absolute Gasteiger partial charge is 0.257 e. The Balaban J connectivity index is 1.77. The lowest BCUT2D eigenvalue weighted by atomic mass is 10.2. The molecule has 1 saturated carbocycles. The van der Waals surface area contributed by atoms with Gasteiger partial charge in [0.1, 0.15) is 0 Å². The van der Waals surface area contributed by atoms with Crippen LogP contribution in [0.4, 0.5) is 0 Å². The Hall–Kier alpha value is -1.73. The zero-order valence-electron chi connectivity index (χ0n) is 14.0. The van der Waals surface area contributed by atoms with Gasteiger partial charge in [0.2, 0.25) is 0 Å². The molecule has 1 aliphatic rings. The van der Waals surface area contributed by atoms with Crippen LogP contribution in [-0.2, 0) is 16.3 Å². The molecule has 0 aliphatic heterocycles. The number of aromatic nitrogens is 2. The minimum atomic E-state index is -3.23. The molecule has 1 unspecified atom stereocenters. The van der Waals surface area contributed by atoms with Gasteiger partial charge in [0.15, 0.2) is 15.7 Å². The van der Waals surface area contributed by atoms with Crippen LogP contribution in [-0.4, -0.2) is 36.9 Å². The maximum Gasteiger partial charge on any atom is 0.257 e. The van der Waals surface area contributed by atoms with Crippen LogP contribution in [0.3, 0.4) is 0 Å². The summed E-state index contributed by atoms with van der Waals surface area (Å²) in [5, 5.41) is 6.86. The maximum atomic E-state index is 12.6. The average molecular weight is 349 g/mol. The predicted octanol–water partition coefficient (Wildman–Crippen LogP) is 2.60. The van der Waals surface area contributed by atoms with E-state index < -0.39 is 9.84 Å². The molecule has 1 aromatic heterocycles. The molecule has 1 heterocycles. The zero-order chi connectivity index (χ0) is 17.2. The fourth-order valence-electron chi connectivity index (χ4n) is 3.01. The standard InChI is InChI=1S/C17H23N3O3S/c1-12(18-2)11-16-19-17(23-20-16)13-7-9-15(10-8-13)24(21,22)14-5-3-4-6-14/h7-10,12,14,18H,3-6,11H2,1-2H3. The number of hydrogen-bond donors (Lipinski definition) is 1. The molecule has 0 radical (unpaired) electrons. The summed E-state index contributed by atoms with van der Waals surface area (Å²) in [6, 6.07) is 7.02. The number of likely N-dealkylation sites (N-methyl/N-ethyl adjacent to an activating group) is 1. The van der Waals surface area contributed by atoms with E-state index in [1.807, 2.05) is 14.0 Å². The lowest BCUT2D eigenvalue weighted by Gasteiger charge is -2.11. The minimum absolute atomic E-state index is 0.235. The van der Waals surface area contributed by atoms with Gasteiger partial charge in [-0.3, -0.25) is 0 Å². The molecule has 0 spiro atoms. The Morgan fingerprint density at radius 2 is 1.92 bits per heavy atom. The molecule has 6 nitrogen and oxygen atoms in total. The first-order valence-corrected chi connectivity index (χ1v) is 9.89. The highest BCUT2D eigenvalue weighted by atomic mass is 32.2. The van der Waals surface area contributed by atoms with Crippen molar-refractivity contribution in [1.29, 1.82) is 0 Å². The molecule has 1 aromatic carbocycles. The Labute approximate surface area is 142 Å². The van der Waals surface area contributed by atoms with Gasteiger partial charge in [-0.05, 0) is 51.1 Å². The maximum absolute atomic E-state index is 12.6. The van der Waals surface area contributed by atoms with Gasteiger partial charge in [0.25, 0.3) is 5.89 Å². The molecule has 0 bridgehead atoms. The molecule has 1 aliphatic carbocycles. The van der Waals surface area contributed by atoms with Crippen molar-refractivity contribution in [2.75, 3.05) is 7.05 Å². The van der Waals surface area contributed by atoms with Crippen molar-refractivity contribution in [3.8, 4) is 11.5 Å². The fraction of sp³-hybridized carbons (Fsp3) is 0.529. The van der Waals surface area contributed by atoms with Crippen molar-refractivity contribution < 1.29 is 12.9 Å². The third-order valence-electron chi connectivity index (χ3n) is 4.62. The molecule has 3 rings (SSSR count). The predicted molar refractivity (Wildman–Crippen MR) is 91.4 cm³/mol. The Morgan fingerprint density at radius 3 is 2.54 bits per heavy atom. The number of benzene rings is 1. The molecular weight excluding hydrogens is 326 g/mol. The summed E-state index contributed by atoms with van der Waals surface area (Å²) in [4.78, 5) is 4.75. The van der Waals surface area contributed by atoms with Crippen molar-refractivity contribution in [1.82, 2.24) is 15.5 Å². The summed E-state index contributed by atoms with van der Waals surface area (Å²) in [6.45, 7) is 2.04. The lowest BCUT2D eigenvalue weighted by Crippen LogP contribution is -2.24. The van der Waals surface area contributed by atoms with Crippen LogP contribution in [0.1, 0.15) is 38.4 Å².